The van der Waals surface area contributed by atoms with E-state index in [9.17, 15) is 4.79 Å². The second kappa shape index (κ2) is 6.16. The molecule has 0 radical (unpaired) electrons. The largest absolute Gasteiger partial charge is 0.481 e. The molecule has 0 aromatic rings. The van der Waals surface area contributed by atoms with Crippen molar-refractivity contribution in [2.75, 3.05) is 6.54 Å². The van der Waals surface area contributed by atoms with Crippen LogP contribution in [-0.2, 0) is 4.79 Å². The fraction of sp³-hybridized carbons (Fsp3) is 0.875. The van der Waals surface area contributed by atoms with Crippen molar-refractivity contribution in [1.82, 2.24) is 0 Å². The summed E-state index contributed by atoms with van der Waals surface area (Å²) in [5.41, 5.74) is 5.32. The molecule has 1 atom stereocenters. The van der Waals surface area contributed by atoms with Gasteiger partial charge in [0.25, 0.3) is 0 Å². The van der Waals surface area contributed by atoms with E-state index in [4.69, 9.17) is 10.8 Å². The molecule has 0 bridgehead atoms. The maximum Gasteiger partial charge on any atom is 0.303 e. The summed E-state index contributed by atoms with van der Waals surface area (Å²) >= 11 is 0. The molecular formula is C8H17NO2. The third-order valence-corrected chi connectivity index (χ3v) is 1.75. The topological polar surface area (TPSA) is 63.3 Å². The quantitative estimate of drug-likeness (QED) is 0.612. The highest BCUT2D eigenvalue weighted by Gasteiger charge is 2.03. The lowest BCUT2D eigenvalue weighted by atomic mass is 10.00. The molecule has 0 rings (SSSR count). The highest BCUT2D eigenvalue weighted by atomic mass is 16.4. The Labute approximate surface area is 67.6 Å². The first-order valence-corrected chi connectivity index (χ1v) is 4.08. The molecule has 0 saturated heterocycles. The first kappa shape index (κ1) is 10.4. The Kier molecular flexibility index (Phi) is 5.84. The number of hydrogen-bond acceptors (Lipinski definition) is 2. The van der Waals surface area contributed by atoms with Crippen molar-refractivity contribution in [1.29, 1.82) is 0 Å². The van der Waals surface area contributed by atoms with Crippen molar-refractivity contribution in [2.45, 2.75) is 32.6 Å². The van der Waals surface area contributed by atoms with Gasteiger partial charge in [0.1, 0.15) is 0 Å². The molecule has 66 valence electrons. The van der Waals surface area contributed by atoms with Crippen LogP contribution in [0, 0.1) is 5.92 Å². The molecule has 0 aromatic heterocycles. The Bertz CT molecular complexity index is 115. The van der Waals surface area contributed by atoms with Gasteiger partial charge in [0.05, 0.1) is 0 Å². The summed E-state index contributed by atoms with van der Waals surface area (Å²) in [6, 6.07) is 0. The van der Waals surface area contributed by atoms with Gasteiger partial charge >= 0.3 is 5.97 Å². The fourth-order valence-electron chi connectivity index (χ4n) is 0.981. The molecule has 11 heavy (non-hydrogen) atoms. The predicted molar refractivity (Wildman–Crippen MR) is 44.3 cm³/mol. The normalized spacial score (nSPS) is 12.9. The van der Waals surface area contributed by atoms with E-state index in [1.807, 2.05) is 0 Å². The highest BCUT2D eigenvalue weighted by Crippen LogP contribution is 2.11. The second-order valence-electron chi connectivity index (χ2n) is 2.97. The van der Waals surface area contributed by atoms with Crippen LogP contribution in [0.2, 0.25) is 0 Å². The Morgan fingerprint density at radius 1 is 1.55 bits per heavy atom. The van der Waals surface area contributed by atoms with Crippen LogP contribution in [0.1, 0.15) is 32.6 Å². The standard InChI is InChI=1S/C8H17NO2/c1-7(3-2-6-9)4-5-8(10)11/h7H,2-6,9H2,1H3,(H,10,11)/t7-/m0/s1. The lowest BCUT2D eigenvalue weighted by molar-refractivity contribution is -0.137. The zero-order valence-corrected chi connectivity index (χ0v) is 7.05. The number of carboxylic acids is 1. The molecule has 3 nitrogen and oxygen atoms in total. The van der Waals surface area contributed by atoms with Crippen LogP contribution in [0.3, 0.4) is 0 Å². The van der Waals surface area contributed by atoms with Crippen molar-refractivity contribution in [3.05, 3.63) is 0 Å². The van der Waals surface area contributed by atoms with Crippen LogP contribution in [0.15, 0.2) is 0 Å². The molecule has 0 saturated carbocycles. The fourth-order valence-corrected chi connectivity index (χ4v) is 0.981. The number of nitrogens with two attached hydrogens (primary N) is 1. The number of rotatable bonds is 6. The van der Waals surface area contributed by atoms with Gasteiger partial charge < -0.3 is 10.8 Å². The number of hydrogen-bond donors (Lipinski definition) is 2. The van der Waals surface area contributed by atoms with Gasteiger partial charge in [-0.3, -0.25) is 4.79 Å². The summed E-state index contributed by atoms with van der Waals surface area (Å²) in [5, 5.41) is 8.36. The summed E-state index contributed by atoms with van der Waals surface area (Å²) in [6.45, 7) is 2.77. The lowest BCUT2D eigenvalue weighted by Crippen LogP contribution is -2.04. The Balaban J connectivity index is 3.22. The highest BCUT2D eigenvalue weighted by molar-refractivity contribution is 5.66. The second-order valence-corrected chi connectivity index (χ2v) is 2.97. The predicted octanol–water partition coefficient (Wildman–Crippen LogP) is 1.23. The molecule has 0 aliphatic heterocycles. The zero-order valence-electron chi connectivity index (χ0n) is 7.05. The summed E-state index contributed by atoms with van der Waals surface area (Å²) in [6.07, 6.45) is 3.10. The summed E-state index contributed by atoms with van der Waals surface area (Å²) in [5.74, 6) is -0.209. The van der Waals surface area contributed by atoms with Crippen molar-refractivity contribution in [2.24, 2.45) is 11.7 Å². The molecular weight excluding hydrogens is 142 g/mol. The van der Waals surface area contributed by atoms with Gasteiger partial charge in [-0.1, -0.05) is 6.92 Å². The van der Waals surface area contributed by atoms with E-state index < -0.39 is 5.97 Å². The Hall–Kier alpha value is -0.570. The van der Waals surface area contributed by atoms with Crippen LogP contribution in [0.25, 0.3) is 0 Å². The summed E-state index contributed by atoms with van der Waals surface area (Å²) in [7, 11) is 0. The number of carboxylic acid groups (broad SMARTS) is 1. The Morgan fingerprint density at radius 3 is 2.64 bits per heavy atom. The van der Waals surface area contributed by atoms with Crippen LogP contribution >= 0.6 is 0 Å². The first-order chi connectivity index (χ1) is 5.16. The zero-order chi connectivity index (χ0) is 8.69. The van der Waals surface area contributed by atoms with Crippen molar-refractivity contribution >= 4 is 5.97 Å². The molecule has 0 unspecified atom stereocenters. The molecule has 0 amide bonds. The van der Waals surface area contributed by atoms with Crippen LogP contribution in [0.4, 0.5) is 0 Å². The number of carbonyl (C=O) groups is 1. The van der Waals surface area contributed by atoms with Gasteiger partial charge in [-0.25, -0.2) is 0 Å². The average Bonchev–Trinajstić information content (AvgIpc) is 1.97. The van der Waals surface area contributed by atoms with Crippen molar-refractivity contribution < 1.29 is 9.90 Å². The third-order valence-electron chi connectivity index (χ3n) is 1.75. The molecule has 3 heteroatoms. The van der Waals surface area contributed by atoms with Crippen LogP contribution in [-0.4, -0.2) is 17.6 Å². The van der Waals surface area contributed by atoms with Gasteiger partial charge in [-0.05, 0) is 31.7 Å². The molecule has 0 aliphatic carbocycles. The minimum atomic E-state index is -0.704. The summed E-state index contributed by atoms with van der Waals surface area (Å²) < 4.78 is 0. The van der Waals surface area contributed by atoms with E-state index in [0.29, 0.717) is 12.5 Å². The number of aliphatic carboxylic acids is 1. The van der Waals surface area contributed by atoms with E-state index in [1.54, 1.807) is 0 Å². The van der Waals surface area contributed by atoms with E-state index in [1.165, 1.54) is 0 Å². The molecule has 3 N–H and O–H groups in total. The van der Waals surface area contributed by atoms with Gasteiger partial charge in [0.15, 0.2) is 0 Å². The average molecular weight is 159 g/mol. The van der Waals surface area contributed by atoms with Gasteiger partial charge in [-0.2, -0.15) is 0 Å². The van der Waals surface area contributed by atoms with E-state index in [0.717, 1.165) is 19.3 Å². The van der Waals surface area contributed by atoms with E-state index >= 15 is 0 Å². The maximum absolute atomic E-state index is 10.2. The Morgan fingerprint density at radius 2 is 2.18 bits per heavy atom. The lowest BCUT2D eigenvalue weighted by Gasteiger charge is -2.07. The molecule has 0 aromatic carbocycles. The summed E-state index contributed by atoms with van der Waals surface area (Å²) in [4.78, 5) is 10.2. The van der Waals surface area contributed by atoms with Gasteiger partial charge in [0.2, 0.25) is 0 Å². The minimum absolute atomic E-state index is 0.283. The third kappa shape index (κ3) is 7.33. The van der Waals surface area contributed by atoms with Crippen molar-refractivity contribution in [3.63, 3.8) is 0 Å². The monoisotopic (exact) mass is 159 g/mol. The first-order valence-electron chi connectivity index (χ1n) is 4.08. The van der Waals surface area contributed by atoms with E-state index in [-0.39, 0.29) is 6.42 Å². The molecule has 0 spiro atoms. The van der Waals surface area contributed by atoms with E-state index in [2.05, 4.69) is 6.92 Å². The minimum Gasteiger partial charge on any atom is -0.481 e. The molecule has 0 aliphatic rings. The smallest absolute Gasteiger partial charge is 0.303 e. The van der Waals surface area contributed by atoms with Gasteiger partial charge in [0, 0.05) is 6.42 Å². The molecule has 0 fully saturated rings. The van der Waals surface area contributed by atoms with Gasteiger partial charge in [-0.15, -0.1) is 0 Å². The van der Waals surface area contributed by atoms with Crippen molar-refractivity contribution in [3.8, 4) is 0 Å². The maximum atomic E-state index is 10.2. The SMILES string of the molecule is C[C@@H](CCCN)CCC(=O)O. The van der Waals surface area contributed by atoms with Crippen LogP contribution < -0.4 is 5.73 Å². The van der Waals surface area contributed by atoms with Crippen LogP contribution in [0.5, 0.6) is 0 Å². The molecule has 0 heterocycles.